The number of nitrogens with one attached hydrogen (secondary N) is 1. The van der Waals surface area contributed by atoms with Crippen molar-refractivity contribution in [1.82, 2.24) is 5.32 Å². The molecule has 16 heavy (non-hydrogen) atoms. The highest BCUT2D eigenvalue weighted by Crippen LogP contribution is 2.25. The summed E-state index contributed by atoms with van der Waals surface area (Å²) in [6.45, 7) is 4.39. The van der Waals surface area contributed by atoms with Crippen LogP contribution in [0, 0.1) is 5.41 Å². The van der Waals surface area contributed by atoms with Crippen LogP contribution in [-0.4, -0.2) is 25.7 Å². The molecule has 1 amide bonds. The van der Waals surface area contributed by atoms with Crippen LogP contribution in [0.4, 0.5) is 0 Å². The number of carbonyl (C=O) groups is 1. The van der Waals surface area contributed by atoms with Gasteiger partial charge in [0.05, 0.1) is 13.2 Å². The highest BCUT2D eigenvalue weighted by molar-refractivity contribution is 7.09. The van der Waals surface area contributed by atoms with Gasteiger partial charge in [0.25, 0.3) is 0 Å². The van der Waals surface area contributed by atoms with E-state index in [-0.39, 0.29) is 11.3 Å². The molecule has 1 saturated heterocycles. The van der Waals surface area contributed by atoms with E-state index in [2.05, 4.69) is 18.3 Å². The highest BCUT2D eigenvalue weighted by Gasteiger charge is 2.33. The van der Waals surface area contributed by atoms with Gasteiger partial charge in [0.1, 0.15) is 0 Å². The van der Waals surface area contributed by atoms with Gasteiger partial charge in [-0.3, -0.25) is 4.79 Å². The minimum Gasteiger partial charge on any atom is -0.380 e. The second kappa shape index (κ2) is 4.97. The predicted octanol–water partition coefficient (Wildman–Crippen LogP) is 1.83. The molecule has 1 aliphatic rings. The Bertz CT molecular complexity index is 344. The minimum atomic E-state index is 0.140. The van der Waals surface area contributed by atoms with Gasteiger partial charge >= 0.3 is 0 Å². The van der Waals surface area contributed by atoms with Crippen LogP contribution in [0.3, 0.4) is 0 Å². The van der Waals surface area contributed by atoms with Crippen LogP contribution in [0.2, 0.25) is 0 Å². The molecule has 1 aromatic rings. The summed E-state index contributed by atoms with van der Waals surface area (Å²) >= 11 is 1.70. The Hall–Kier alpha value is -0.870. The van der Waals surface area contributed by atoms with E-state index >= 15 is 0 Å². The van der Waals surface area contributed by atoms with Gasteiger partial charge in [0, 0.05) is 23.3 Å². The monoisotopic (exact) mass is 239 g/mol. The van der Waals surface area contributed by atoms with E-state index in [1.165, 1.54) is 4.88 Å². The van der Waals surface area contributed by atoms with Crippen LogP contribution >= 0.6 is 11.3 Å². The summed E-state index contributed by atoms with van der Waals surface area (Å²) in [4.78, 5) is 12.8. The molecule has 88 valence electrons. The minimum absolute atomic E-state index is 0.140. The molecule has 0 aromatic carbocycles. The molecular weight excluding hydrogens is 222 g/mol. The van der Waals surface area contributed by atoms with Gasteiger partial charge in [0.2, 0.25) is 5.91 Å². The van der Waals surface area contributed by atoms with Crippen molar-refractivity contribution in [1.29, 1.82) is 0 Å². The van der Waals surface area contributed by atoms with Crippen LogP contribution in [0.5, 0.6) is 0 Å². The summed E-state index contributed by atoms with van der Waals surface area (Å²) in [5.74, 6) is 0.140. The van der Waals surface area contributed by atoms with E-state index in [0.29, 0.717) is 6.42 Å². The molecule has 0 aliphatic carbocycles. The lowest BCUT2D eigenvalue weighted by atomic mass is 9.89. The zero-order valence-corrected chi connectivity index (χ0v) is 10.3. The van der Waals surface area contributed by atoms with Crippen molar-refractivity contribution in [3.63, 3.8) is 0 Å². The smallest absolute Gasteiger partial charge is 0.220 e. The molecule has 4 heteroatoms. The van der Waals surface area contributed by atoms with Gasteiger partial charge in [-0.25, -0.2) is 0 Å². The summed E-state index contributed by atoms with van der Waals surface area (Å²) in [6, 6.07) is 4.09. The van der Waals surface area contributed by atoms with Crippen molar-refractivity contribution in [2.24, 2.45) is 5.41 Å². The molecule has 1 aromatic heterocycles. The van der Waals surface area contributed by atoms with Crippen LogP contribution in [-0.2, 0) is 16.0 Å². The second-order valence-corrected chi connectivity index (χ2v) is 5.69. The SMILES string of the molecule is CC1(CNC(=O)CCc2cccs2)COC1. The molecule has 3 nitrogen and oxygen atoms in total. The topological polar surface area (TPSA) is 38.3 Å². The Balaban J connectivity index is 1.65. The molecule has 2 rings (SSSR count). The van der Waals surface area contributed by atoms with E-state index in [4.69, 9.17) is 4.74 Å². The van der Waals surface area contributed by atoms with Crippen LogP contribution in [0.1, 0.15) is 18.2 Å². The van der Waals surface area contributed by atoms with Gasteiger partial charge in [-0.15, -0.1) is 11.3 Å². The van der Waals surface area contributed by atoms with E-state index < -0.39 is 0 Å². The molecule has 2 heterocycles. The van der Waals surface area contributed by atoms with Crippen molar-refractivity contribution in [2.45, 2.75) is 19.8 Å². The first-order chi connectivity index (χ1) is 7.68. The lowest BCUT2D eigenvalue weighted by Gasteiger charge is -2.38. The van der Waals surface area contributed by atoms with Crippen molar-refractivity contribution in [2.75, 3.05) is 19.8 Å². The lowest BCUT2D eigenvalue weighted by Crippen LogP contribution is -2.48. The first-order valence-corrected chi connectivity index (χ1v) is 6.43. The third-order valence-electron chi connectivity index (χ3n) is 2.79. The third kappa shape index (κ3) is 3.06. The zero-order valence-electron chi connectivity index (χ0n) is 9.49. The first-order valence-electron chi connectivity index (χ1n) is 5.55. The van der Waals surface area contributed by atoms with Crippen LogP contribution < -0.4 is 5.32 Å². The largest absolute Gasteiger partial charge is 0.380 e. The summed E-state index contributed by atoms with van der Waals surface area (Å²) in [7, 11) is 0. The first kappa shape index (κ1) is 11.6. The number of carbonyl (C=O) groups excluding carboxylic acids is 1. The lowest BCUT2D eigenvalue weighted by molar-refractivity contribution is -0.126. The number of thiophene rings is 1. The molecule has 0 spiro atoms. The maximum Gasteiger partial charge on any atom is 0.220 e. The standard InChI is InChI=1S/C12H17NO2S/c1-12(8-15-9-12)7-13-11(14)5-4-10-3-2-6-16-10/h2-3,6H,4-5,7-9H2,1H3,(H,13,14). The Labute approximate surface area is 99.8 Å². The molecule has 1 aliphatic heterocycles. The van der Waals surface area contributed by atoms with Crippen molar-refractivity contribution in [3.05, 3.63) is 22.4 Å². The van der Waals surface area contributed by atoms with Crippen LogP contribution in [0.15, 0.2) is 17.5 Å². The molecule has 0 unspecified atom stereocenters. The average molecular weight is 239 g/mol. The average Bonchev–Trinajstić information content (AvgIpc) is 2.73. The number of hydrogen-bond donors (Lipinski definition) is 1. The van der Waals surface area contributed by atoms with Gasteiger partial charge in [-0.05, 0) is 17.9 Å². The predicted molar refractivity (Wildman–Crippen MR) is 64.6 cm³/mol. The molecule has 0 atom stereocenters. The molecule has 1 fully saturated rings. The number of ether oxygens (including phenoxy) is 1. The number of hydrogen-bond acceptors (Lipinski definition) is 3. The fraction of sp³-hybridized carbons (Fsp3) is 0.583. The Morgan fingerprint density at radius 2 is 2.44 bits per heavy atom. The van der Waals surface area contributed by atoms with Gasteiger partial charge in [-0.2, -0.15) is 0 Å². The fourth-order valence-electron chi connectivity index (χ4n) is 1.64. The van der Waals surface area contributed by atoms with E-state index in [0.717, 1.165) is 26.2 Å². The van der Waals surface area contributed by atoms with Crippen molar-refractivity contribution < 1.29 is 9.53 Å². The fourth-order valence-corrected chi connectivity index (χ4v) is 2.35. The van der Waals surface area contributed by atoms with Gasteiger partial charge in [0.15, 0.2) is 0 Å². The zero-order chi connectivity index (χ0) is 11.4. The van der Waals surface area contributed by atoms with Crippen LogP contribution in [0.25, 0.3) is 0 Å². The van der Waals surface area contributed by atoms with Gasteiger partial charge < -0.3 is 10.1 Å². The quantitative estimate of drug-likeness (QED) is 0.851. The molecule has 1 N–H and O–H groups in total. The van der Waals surface area contributed by atoms with E-state index in [1.54, 1.807) is 11.3 Å². The highest BCUT2D eigenvalue weighted by atomic mass is 32.1. The summed E-state index contributed by atoms with van der Waals surface area (Å²) in [5.41, 5.74) is 0.165. The van der Waals surface area contributed by atoms with Crippen molar-refractivity contribution in [3.8, 4) is 0 Å². The molecule has 0 radical (unpaired) electrons. The van der Waals surface area contributed by atoms with E-state index in [1.807, 2.05) is 11.4 Å². The number of rotatable bonds is 5. The number of aryl methyl sites for hydroxylation is 1. The Morgan fingerprint density at radius 3 is 3.00 bits per heavy atom. The summed E-state index contributed by atoms with van der Waals surface area (Å²) in [6.07, 6.45) is 1.42. The second-order valence-electron chi connectivity index (χ2n) is 4.66. The van der Waals surface area contributed by atoms with E-state index in [9.17, 15) is 4.79 Å². The van der Waals surface area contributed by atoms with Crippen molar-refractivity contribution >= 4 is 17.2 Å². The van der Waals surface area contributed by atoms with Gasteiger partial charge in [-0.1, -0.05) is 13.0 Å². The molecular formula is C12H17NO2S. The molecule has 0 bridgehead atoms. The maximum absolute atomic E-state index is 11.6. The Kier molecular flexibility index (Phi) is 3.61. The maximum atomic E-state index is 11.6. The third-order valence-corrected chi connectivity index (χ3v) is 3.73. The Morgan fingerprint density at radius 1 is 1.62 bits per heavy atom. The molecule has 0 saturated carbocycles. The number of amides is 1. The summed E-state index contributed by atoms with van der Waals surface area (Å²) in [5, 5.41) is 5.01. The normalized spacial score (nSPS) is 17.8. The summed E-state index contributed by atoms with van der Waals surface area (Å²) < 4.78 is 5.14.